The van der Waals surface area contributed by atoms with E-state index in [-0.39, 0.29) is 51.2 Å². The van der Waals surface area contributed by atoms with Gasteiger partial charge in [0.25, 0.3) is 0 Å². The van der Waals surface area contributed by atoms with E-state index in [1.807, 2.05) is 36.4 Å². The fourth-order valence-corrected chi connectivity index (χ4v) is 5.94. The fourth-order valence-electron chi connectivity index (χ4n) is 5.94. The molecular formula is C46H50CoN10O6. The summed E-state index contributed by atoms with van der Waals surface area (Å²) < 4.78 is 10.5. The van der Waals surface area contributed by atoms with Gasteiger partial charge in [-0.05, 0) is 113 Å². The van der Waals surface area contributed by atoms with Crippen LogP contribution in [0.25, 0.3) is 0 Å². The predicted molar refractivity (Wildman–Crippen MR) is 242 cm³/mol. The first-order valence-corrected chi connectivity index (χ1v) is 19.9. The Kier molecular flexibility index (Phi) is 18.5. The molecule has 17 heteroatoms. The molecule has 16 nitrogen and oxygen atoms in total. The number of phenolic OH excluding ortho intramolecular Hbond substituents is 4. The largest absolute Gasteiger partial charge is 0.506 e. The maximum Gasteiger partial charge on any atom is 0.146 e. The van der Waals surface area contributed by atoms with Gasteiger partial charge in [0.2, 0.25) is 0 Å². The van der Waals surface area contributed by atoms with Crippen LogP contribution in [0.3, 0.4) is 0 Å². The van der Waals surface area contributed by atoms with Crippen molar-refractivity contribution in [3.63, 3.8) is 0 Å². The van der Waals surface area contributed by atoms with Crippen molar-refractivity contribution in [2.75, 3.05) is 50.2 Å². The first kappa shape index (κ1) is 48.3. The summed E-state index contributed by atoms with van der Waals surface area (Å²) in [5.74, 6) is 1.12. The van der Waals surface area contributed by atoms with Crippen LogP contribution in [0, 0.1) is 0 Å². The molecule has 329 valence electrons. The number of phenols is 4. The summed E-state index contributed by atoms with van der Waals surface area (Å²) in [6, 6.07) is 34.2. The molecule has 0 amide bonds. The Balaban J connectivity index is 0.000000272. The molecular weight excluding hydrogens is 848 g/mol. The van der Waals surface area contributed by atoms with Gasteiger partial charge in [0.1, 0.15) is 68.6 Å². The molecule has 0 spiro atoms. The molecule has 0 saturated carbocycles. The number of benzene rings is 6. The minimum absolute atomic E-state index is 0. The second-order valence-electron chi connectivity index (χ2n) is 13.2. The maximum atomic E-state index is 10.3. The van der Waals surface area contributed by atoms with Gasteiger partial charge in [-0.3, -0.25) is 0 Å². The third-order valence-corrected chi connectivity index (χ3v) is 9.34. The van der Waals surface area contributed by atoms with Crippen molar-refractivity contribution in [2.24, 2.45) is 40.9 Å². The molecule has 63 heavy (non-hydrogen) atoms. The molecule has 1 radical (unpaired) electrons. The Hall–Kier alpha value is -7.37. The number of anilines is 2. The van der Waals surface area contributed by atoms with Crippen molar-refractivity contribution in [1.29, 1.82) is 0 Å². The second-order valence-corrected chi connectivity index (χ2v) is 13.2. The summed E-state index contributed by atoms with van der Waals surface area (Å²) in [5, 5.41) is 73.9. The SMILES string of the molecule is CCN(CC)c1ccc(N=Nc2cc(N=Nc3ccccc3OC)ccc2O)c(O)c1.CCN(CC)c1ccc(N=Nc2cc(N=Nc3ccccc3OC)ccc2O)c(O)c1.[Co]. The number of aromatic hydroxyl groups is 4. The van der Waals surface area contributed by atoms with E-state index in [1.165, 1.54) is 12.1 Å². The first-order valence-electron chi connectivity index (χ1n) is 19.9. The normalized spacial score (nSPS) is 11.1. The quantitative estimate of drug-likeness (QED) is 0.0686. The van der Waals surface area contributed by atoms with E-state index in [0.717, 1.165) is 37.6 Å². The van der Waals surface area contributed by atoms with Crippen molar-refractivity contribution in [3.8, 4) is 34.5 Å². The smallest absolute Gasteiger partial charge is 0.146 e. The number of methoxy groups -OCH3 is 2. The van der Waals surface area contributed by atoms with E-state index in [9.17, 15) is 20.4 Å². The molecule has 6 aromatic rings. The number of rotatable bonds is 16. The van der Waals surface area contributed by atoms with Crippen molar-refractivity contribution in [2.45, 2.75) is 27.7 Å². The fraction of sp³-hybridized carbons (Fsp3) is 0.217. The number of ether oxygens (including phenoxy) is 2. The summed E-state index contributed by atoms with van der Waals surface area (Å²) in [5.41, 5.74) is 4.97. The average Bonchev–Trinajstić information content (AvgIpc) is 3.29. The Morgan fingerprint density at radius 2 is 0.730 bits per heavy atom. The van der Waals surface area contributed by atoms with Gasteiger partial charge >= 0.3 is 0 Å². The summed E-state index contributed by atoms with van der Waals surface area (Å²) in [4.78, 5) is 4.23. The second kappa shape index (κ2) is 24.2. The Morgan fingerprint density at radius 1 is 0.381 bits per heavy atom. The molecule has 0 aliphatic carbocycles. The predicted octanol–water partition coefficient (Wildman–Crippen LogP) is 13.6. The van der Waals surface area contributed by atoms with Gasteiger partial charge in [-0.2, -0.15) is 10.2 Å². The third kappa shape index (κ3) is 13.3. The number of azo groups is 4. The summed E-state index contributed by atoms with van der Waals surface area (Å²) >= 11 is 0. The first-order chi connectivity index (χ1) is 30.1. The number of para-hydroxylation sites is 2. The van der Waals surface area contributed by atoms with Crippen molar-refractivity contribution in [3.05, 3.63) is 121 Å². The molecule has 0 saturated heterocycles. The van der Waals surface area contributed by atoms with Gasteiger partial charge in [0.05, 0.1) is 25.6 Å². The van der Waals surface area contributed by atoms with Gasteiger partial charge < -0.3 is 39.7 Å². The zero-order chi connectivity index (χ0) is 44.4. The van der Waals surface area contributed by atoms with Crippen LogP contribution in [0.1, 0.15) is 27.7 Å². The molecule has 4 N–H and O–H groups in total. The number of hydrogen-bond acceptors (Lipinski definition) is 16. The van der Waals surface area contributed by atoms with Crippen molar-refractivity contribution < 1.29 is 46.7 Å². The van der Waals surface area contributed by atoms with E-state index in [4.69, 9.17) is 9.47 Å². The van der Waals surface area contributed by atoms with Crippen LogP contribution in [0.4, 0.5) is 56.9 Å². The molecule has 0 aliphatic rings. The monoisotopic (exact) mass is 897 g/mol. The van der Waals surface area contributed by atoms with E-state index in [2.05, 4.69) is 78.4 Å². The van der Waals surface area contributed by atoms with E-state index >= 15 is 0 Å². The van der Waals surface area contributed by atoms with Gasteiger partial charge in [0, 0.05) is 66.5 Å². The van der Waals surface area contributed by atoms with E-state index < -0.39 is 0 Å². The standard InChI is InChI=1S/2C23H25N5O3.Co/c2*1-4-28(5-2)17-11-12-18(22(30)15-17)25-27-20-14-16(10-13-21(20)29)24-26-19-8-6-7-9-23(19)31-3;/h2*6-15,29-30H,4-5H2,1-3H3;. The van der Waals surface area contributed by atoms with E-state index in [1.54, 1.807) is 87.0 Å². The molecule has 0 aliphatic heterocycles. The van der Waals surface area contributed by atoms with Crippen LogP contribution in [-0.4, -0.2) is 60.8 Å². The summed E-state index contributed by atoms with van der Waals surface area (Å²) in [6.07, 6.45) is 0. The van der Waals surface area contributed by atoms with Gasteiger partial charge in [-0.15, -0.1) is 30.7 Å². The zero-order valence-corrected chi connectivity index (χ0v) is 36.8. The van der Waals surface area contributed by atoms with Crippen LogP contribution >= 0.6 is 0 Å². The van der Waals surface area contributed by atoms with Crippen LogP contribution in [-0.2, 0) is 16.8 Å². The topological polar surface area (TPSA) is 205 Å². The molecule has 0 atom stereocenters. The van der Waals surface area contributed by atoms with E-state index in [0.29, 0.717) is 45.6 Å². The molecule has 6 aromatic carbocycles. The minimum atomic E-state index is -0.0563. The number of hydrogen-bond donors (Lipinski definition) is 4. The van der Waals surface area contributed by atoms with Crippen molar-refractivity contribution >= 4 is 56.9 Å². The Bertz CT molecular complexity index is 2370. The Morgan fingerprint density at radius 3 is 1.08 bits per heavy atom. The molecule has 6 rings (SSSR count). The molecule has 0 heterocycles. The van der Waals surface area contributed by atoms with Gasteiger partial charge in [-0.1, -0.05) is 24.3 Å². The molecule has 0 bridgehead atoms. The van der Waals surface area contributed by atoms with Crippen LogP contribution in [0.2, 0.25) is 0 Å². The summed E-state index contributed by atoms with van der Waals surface area (Å²) in [7, 11) is 3.13. The van der Waals surface area contributed by atoms with Crippen LogP contribution in [0.15, 0.2) is 162 Å². The summed E-state index contributed by atoms with van der Waals surface area (Å²) in [6.45, 7) is 11.5. The van der Waals surface area contributed by atoms with Crippen molar-refractivity contribution in [1.82, 2.24) is 0 Å². The van der Waals surface area contributed by atoms with Crippen LogP contribution < -0.4 is 19.3 Å². The van der Waals surface area contributed by atoms with Crippen LogP contribution in [0.5, 0.6) is 34.5 Å². The average molecular weight is 898 g/mol. The molecule has 0 aromatic heterocycles. The molecule has 0 unspecified atom stereocenters. The Labute approximate surface area is 376 Å². The molecule has 0 fully saturated rings. The maximum absolute atomic E-state index is 10.3. The third-order valence-electron chi connectivity index (χ3n) is 9.34. The number of nitrogens with zero attached hydrogens (tertiary/aromatic N) is 10. The van der Waals surface area contributed by atoms with Gasteiger partial charge in [-0.25, -0.2) is 0 Å². The zero-order valence-electron chi connectivity index (χ0n) is 35.8. The van der Waals surface area contributed by atoms with Gasteiger partial charge in [0.15, 0.2) is 0 Å². The minimum Gasteiger partial charge on any atom is -0.506 e.